The van der Waals surface area contributed by atoms with E-state index in [2.05, 4.69) is 5.32 Å². The van der Waals surface area contributed by atoms with Crippen molar-refractivity contribution >= 4 is 23.2 Å². The highest BCUT2D eigenvalue weighted by atomic mass is 35.5. The highest BCUT2D eigenvalue weighted by Gasteiger charge is 2.14. The molecule has 0 radical (unpaired) electrons. The molecule has 7 heteroatoms. The Bertz CT molecular complexity index is 757. The number of nitrogens with zero attached hydrogens (tertiary/aromatic N) is 2. The normalized spacial score (nSPS) is 16.9. The van der Waals surface area contributed by atoms with Crippen LogP contribution in [0.5, 0.6) is 0 Å². The number of rotatable bonds is 2. The van der Waals surface area contributed by atoms with Gasteiger partial charge in [-0.3, -0.25) is 4.79 Å². The molecule has 3 rings (SSSR count). The number of hydrogen-bond acceptors (Lipinski definition) is 4. The molecule has 1 atom stereocenters. The van der Waals surface area contributed by atoms with Crippen molar-refractivity contribution in [3.05, 3.63) is 68.6 Å². The third-order valence-corrected chi connectivity index (χ3v) is 4.39. The van der Waals surface area contributed by atoms with E-state index in [0.29, 0.717) is 29.8 Å². The summed E-state index contributed by atoms with van der Waals surface area (Å²) >= 11 is 11.2. The number of hydrogen-bond donors (Lipinski definition) is 1. The lowest BCUT2D eigenvalue weighted by Crippen LogP contribution is -2.31. The third-order valence-electron chi connectivity index (χ3n) is 3.63. The van der Waals surface area contributed by atoms with Crippen molar-refractivity contribution in [2.24, 2.45) is 5.92 Å². The molecule has 0 bridgehead atoms. The molecule has 25 heavy (non-hydrogen) atoms. The van der Waals surface area contributed by atoms with E-state index in [1.807, 2.05) is 18.2 Å². The summed E-state index contributed by atoms with van der Waals surface area (Å²) in [5.74, 6) is 0.268. The van der Waals surface area contributed by atoms with Crippen molar-refractivity contribution in [3.63, 3.8) is 0 Å². The zero-order chi connectivity index (χ0) is 18.1. The van der Waals surface area contributed by atoms with Gasteiger partial charge in [0.2, 0.25) is 0 Å². The summed E-state index contributed by atoms with van der Waals surface area (Å²) in [7, 11) is 0. The first kappa shape index (κ1) is 19.5. The Morgan fingerprint density at radius 1 is 1.24 bits per heavy atom. The van der Waals surface area contributed by atoms with Gasteiger partial charge in [0.1, 0.15) is 11.6 Å². The van der Waals surface area contributed by atoms with Gasteiger partial charge < -0.3 is 14.6 Å². The first-order valence-electron chi connectivity index (χ1n) is 7.90. The molecule has 132 valence electrons. The molecule has 1 aliphatic heterocycles. The molecule has 1 N–H and O–H groups in total. The molecule has 0 spiro atoms. The molecule has 0 aliphatic carbocycles. The van der Waals surface area contributed by atoms with Crippen LogP contribution < -0.4 is 10.9 Å². The second-order valence-corrected chi connectivity index (χ2v) is 6.36. The Balaban J connectivity index is 0.000000236. The summed E-state index contributed by atoms with van der Waals surface area (Å²) in [5, 5.41) is 13.3. The van der Waals surface area contributed by atoms with Gasteiger partial charge in [-0.15, -0.1) is 0 Å². The van der Waals surface area contributed by atoms with Crippen LogP contribution >= 0.6 is 23.2 Å². The van der Waals surface area contributed by atoms with Crippen molar-refractivity contribution < 1.29 is 4.74 Å². The van der Waals surface area contributed by atoms with Crippen molar-refractivity contribution in [2.45, 2.75) is 6.54 Å². The van der Waals surface area contributed by atoms with Crippen LogP contribution in [0.25, 0.3) is 0 Å². The highest BCUT2D eigenvalue weighted by molar-refractivity contribution is 6.41. The molecule has 1 saturated heterocycles. The van der Waals surface area contributed by atoms with Gasteiger partial charge in [0.15, 0.2) is 0 Å². The number of nitrogens with one attached hydrogen (secondary N) is 1. The number of nitriles is 1. The van der Waals surface area contributed by atoms with Gasteiger partial charge in [0, 0.05) is 31.7 Å². The monoisotopic (exact) mass is 379 g/mol. The molecule has 0 amide bonds. The highest BCUT2D eigenvalue weighted by Crippen LogP contribution is 2.19. The molecule has 1 aliphatic rings. The Labute approximate surface area is 156 Å². The summed E-state index contributed by atoms with van der Waals surface area (Å²) in [5.41, 5.74) is -0.0331. The fourth-order valence-electron chi connectivity index (χ4n) is 2.36. The Kier molecular flexibility index (Phi) is 7.96. The van der Waals surface area contributed by atoms with Crippen molar-refractivity contribution in [3.8, 4) is 6.07 Å². The van der Waals surface area contributed by atoms with Crippen molar-refractivity contribution in [2.75, 3.05) is 26.3 Å². The SMILES string of the molecule is Clc1ccccc1Cl.N#Cc1cccn(CC2CNCCOC2)c1=O. The summed E-state index contributed by atoms with van der Waals surface area (Å²) < 4.78 is 7.02. The van der Waals surface area contributed by atoms with Gasteiger partial charge in [-0.25, -0.2) is 0 Å². The lowest BCUT2D eigenvalue weighted by Gasteiger charge is -2.15. The van der Waals surface area contributed by atoms with E-state index in [1.54, 1.807) is 35.0 Å². The van der Waals surface area contributed by atoms with Gasteiger partial charge in [-0.2, -0.15) is 5.26 Å². The molecule has 1 aromatic carbocycles. The average Bonchev–Trinajstić information content (AvgIpc) is 2.89. The van der Waals surface area contributed by atoms with E-state index in [4.69, 9.17) is 33.2 Å². The first-order chi connectivity index (χ1) is 12.1. The number of halogens is 2. The standard InChI is InChI=1S/C12H15N3O2.C6H4Cl2/c13-6-11-2-1-4-15(12(11)16)8-10-7-14-3-5-17-9-10;7-5-3-1-2-4-6(5)8/h1-2,4,10,14H,3,5,7-9H2;1-4H. The molecular formula is C18H19Cl2N3O2. The molecule has 0 saturated carbocycles. The number of ether oxygens (including phenoxy) is 1. The van der Waals surface area contributed by atoms with Gasteiger partial charge >= 0.3 is 0 Å². The minimum absolute atomic E-state index is 0.190. The molecule has 5 nitrogen and oxygen atoms in total. The van der Waals surface area contributed by atoms with E-state index in [-0.39, 0.29) is 17.0 Å². The minimum Gasteiger partial charge on any atom is -0.380 e. The second kappa shape index (κ2) is 10.2. The Hall–Kier alpha value is -1.84. The van der Waals surface area contributed by atoms with E-state index < -0.39 is 0 Å². The maximum Gasteiger partial charge on any atom is 0.268 e. The van der Waals surface area contributed by atoms with Crippen LogP contribution in [0.1, 0.15) is 5.56 Å². The van der Waals surface area contributed by atoms with E-state index in [1.165, 1.54) is 0 Å². The van der Waals surface area contributed by atoms with Crippen LogP contribution in [0.4, 0.5) is 0 Å². The molecule has 1 fully saturated rings. The van der Waals surface area contributed by atoms with Crippen LogP contribution in [0.3, 0.4) is 0 Å². The van der Waals surface area contributed by atoms with E-state index in [9.17, 15) is 4.79 Å². The van der Waals surface area contributed by atoms with Crippen LogP contribution in [-0.4, -0.2) is 30.9 Å². The maximum atomic E-state index is 11.8. The van der Waals surface area contributed by atoms with Crippen molar-refractivity contribution in [1.82, 2.24) is 9.88 Å². The summed E-state index contributed by atoms with van der Waals surface area (Å²) in [6, 6.07) is 12.4. The van der Waals surface area contributed by atoms with E-state index >= 15 is 0 Å². The molecular weight excluding hydrogens is 361 g/mol. The molecule has 1 unspecified atom stereocenters. The lowest BCUT2D eigenvalue weighted by molar-refractivity contribution is 0.117. The zero-order valence-electron chi connectivity index (χ0n) is 13.6. The predicted molar refractivity (Wildman–Crippen MR) is 99.1 cm³/mol. The lowest BCUT2D eigenvalue weighted by atomic mass is 10.1. The third kappa shape index (κ3) is 6.18. The van der Waals surface area contributed by atoms with Crippen LogP contribution in [0.2, 0.25) is 10.0 Å². The average molecular weight is 380 g/mol. The smallest absolute Gasteiger partial charge is 0.268 e. The summed E-state index contributed by atoms with van der Waals surface area (Å²) in [6.45, 7) is 3.63. The predicted octanol–water partition coefficient (Wildman–Crippen LogP) is 2.95. The van der Waals surface area contributed by atoms with Crippen molar-refractivity contribution in [1.29, 1.82) is 5.26 Å². The van der Waals surface area contributed by atoms with Gasteiger partial charge in [0.05, 0.1) is 23.3 Å². The zero-order valence-corrected chi connectivity index (χ0v) is 15.1. The van der Waals surface area contributed by atoms with Crippen LogP contribution in [-0.2, 0) is 11.3 Å². The van der Waals surface area contributed by atoms with Gasteiger partial charge in [0.25, 0.3) is 5.56 Å². The molecule has 2 heterocycles. The topological polar surface area (TPSA) is 67.1 Å². The minimum atomic E-state index is -0.223. The molecule has 1 aromatic heterocycles. The van der Waals surface area contributed by atoms with Crippen LogP contribution in [0, 0.1) is 17.2 Å². The summed E-state index contributed by atoms with van der Waals surface area (Å²) in [6.07, 6.45) is 1.72. The van der Waals surface area contributed by atoms with E-state index in [0.717, 1.165) is 13.1 Å². The number of benzene rings is 1. The fraction of sp³-hybridized carbons (Fsp3) is 0.333. The Morgan fingerprint density at radius 3 is 2.60 bits per heavy atom. The summed E-state index contributed by atoms with van der Waals surface area (Å²) in [4.78, 5) is 11.8. The Morgan fingerprint density at radius 2 is 1.96 bits per heavy atom. The largest absolute Gasteiger partial charge is 0.380 e. The van der Waals surface area contributed by atoms with Crippen LogP contribution in [0.15, 0.2) is 47.4 Å². The number of aromatic nitrogens is 1. The van der Waals surface area contributed by atoms with Gasteiger partial charge in [-0.05, 0) is 24.3 Å². The van der Waals surface area contributed by atoms with Gasteiger partial charge in [-0.1, -0.05) is 35.3 Å². The fourth-order valence-corrected chi connectivity index (χ4v) is 2.63. The quantitative estimate of drug-likeness (QED) is 0.870. The number of pyridine rings is 1. The molecule has 2 aromatic rings. The second-order valence-electron chi connectivity index (χ2n) is 5.55. The maximum absolute atomic E-state index is 11.8. The first-order valence-corrected chi connectivity index (χ1v) is 8.65.